The maximum Gasteiger partial charge on any atom is 0.328 e. The van der Waals surface area contributed by atoms with Crippen molar-refractivity contribution in [1.29, 1.82) is 0 Å². The summed E-state index contributed by atoms with van der Waals surface area (Å²) in [4.78, 5) is 38.8. The molecule has 0 spiro atoms. The Bertz CT molecular complexity index is 1910. The number of carbonyl (C=O) groups excluding carboxylic acids is 2. The van der Waals surface area contributed by atoms with E-state index in [4.69, 9.17) is 4.74 Å². The minimum Gasteiger partial charge on any atom is -0.464 e. The molecule has 0 unspecified atom stereocenters. The summed E-state index contributed by atoms with van der Waals surface area (Å²) in [6, 6.07) is 23.2. The molecule has 0 aliphatic rings. The summed E-state index contributed by atoms with van der Waals surface area (Å²) in [6.07, 6.45) is 18.1. The molecule has 1 atom stereocenters. The number of nitrogens with one attached hydrogen (secondary N) is 4. The van der Waals surface area contributed by atoms with E-state index in [2.05, 4.69) is 27.2 Å². The smallest absolute Gasteiger partial charge is 0.328 e. The van der Waals surface area contributed by atoms with Gasteiger partial charge in [-0.15, -0.1) is 0 Å². The van der Waals surface area contributed by atoms with Crippen molar-refractivity contribution >= 4 is 44.6 Å². The molecular formula is C42H50N4O3. The Morgan fingerprint density at radius 2 is 1.12 bits per heavy atom. The fourth-order valence-corrected chi connectivity index (χ4v) is 7.24. The highest BCUT2D eigenvalue weighted by molar-refractivity contribution is 6.03. The fourth-order valence-electron chi connectivity index (χ4n) is 7.24. The fraction of sp³-hybridized carbons (Fsp3) is 0.381. The Morgan fingerprint density at radius 3 is 1.69 bits per heavy atom. The lowest BCUT2D eigenvalue weighted by molar-refractivity contribution is -0.148. The van der Waals surface area contributed by atoms with E-state index in [1.54, 1.807) is 0 Å². The van der Waals surface area contributed by atoms with Crippen LogP contribution in [0.2, 0.25) is 0 Å². The zero-order valence-corrected chi connectivity index (χ0v) is 28.9. The molecular weight excluding hydrogens is 608 g/mol. The number of amides is 1. The summed E-state index contributed by atoms with van der Waals surface area (Å²) in [5, 5.41) is 6.15. The number of unbranched alkanes of at least 4 members (excludes halogenated alkanes) is 9. The summed E-state index contributed by atoms with van der Waals surface area (Å²) < 4.78 is 5.90. The first-order chi connectivity index (χ1) is 24.0. The van der Waals surface area contributed by atoms with Gasteiger partial charge in [-0.3, -0.25) is 4.79 Å². The molecule has 0 aliphatic heterocycles. The number of ether oxygens (including phenoxy) is 1. The minimum atomic E-state index is -1.13. The lowest BCUT2D eigenvalue weighted by atomic mass is 9.75. The van der Waals surface area contributed by atoms with Crippen LogP contribution in [0.25, 0.3) is 32.7 Å². The number of rotatable bonds is 18. The Kier molecular flexibility index (Phi) is 11.2. The van der Waals surface area contributed by atoms with E-state index in [9.17, 15) is 9.59 Å². The van der Waals surface area contributed by atoms with E-state index in [-0.39, 0.29) is 5.91 Å². The highest BCUT2D eigenvalue weighted by Gasteiger charge is 2.42. The quantitative estimate of drug-likeness (QED) is 0.0546. The predicted octanol–water partition coefficient (Wildman–Crippen LogP) is 9.63. The number of aromatic amines is 3. The Balaban J connectivity index is 1.22. The molecule has 0 fully saturated rings. The second-order valence-corrected chi connectivity index (χ2v) is 13.6. The molecule has 0 bridgehead atoms. The van der Waals surface area contributed by atoms with Crippen LogP contribution in [0, 0.1) is 0 Å². The molecule has 0 saturated carbocycles. The molecule has 256 valence electrons. The van der Waals surface area contributed by atoms with Crippen molar-refractivity contribution in [2.75, 3.05) is 6.61 Å². The number of H-pyrrole nitrogens is 3. The van der Waals surface area contributed by atoms with Gasteiger partial charge in [0.05, 0.1) is 6.61 Å². The van der Waals surface area contributed by atoms with Crippen LogP contribution >= 0.6 is 0 Å². The Morgan fingerprint density at radius 1 is 0.653 bits per heavy atom. The molecule has 3 aromatic carbocycles. The second kappa shape index (κ2) is 16.1. The van der Waals surface area contributed by atoms with Crippen LogP contribution < -0.4 is 5.32 Å². The standard InChI is InChI=1S/C42H50N4O3/c1-3-4-5-6-7-8-9-10-11-18-25-49-40(47)39(26-30-27-43-36-22-15-12-19-31(30)36)46-41(48)42(2,34-28-44-37-23-16-13-20-32(34)37)35-29-45-38-24-17-14-21-33(35)38/h12-17,19-24,27-29,39,43-45H,3-11,18,25-26H2,1-2H3,(H,46,48)/t39-/m0/s1. The molecule has 49 heavy (non-hydrogen) atoms. The molecule has 7 nitrogen and oxygen atoms in total. The van der Waals surface area contributed by atoms with Crippen molar-refractivity contribution in [3.8, 4) is 0 Å². The molecule has 3 heterocycles. The summed E-state index contributed by atoms with van der Waals surface area (Å²) in [7, 11) is 0. The van der Waals surface area contributed by atoms with Crippen LogP contribution in [0.1, 0.15) is 94.7 Å². The van der Waals surface area contributed by atoms with Gasteiger partial charge in [0.2, 0.25) is 5.91 Å². The highest BCUT2D eigenvalue weighted by Crippen LogP contribution is 2.40. The molecule has 6 aromatic rings. The van der Waals surface area contributed by atoms with Crippen molar-refractivity contribution in [3.63, 3.8) is 0 Å². The minimum absolute atomic E-state index is 0.261. The molecule has 4 N–H and O–H groups in total. The van der Waals surface area contributed by atoms with Crippen molar-refractivity contribution < 1.29 is 14.3 Å². The number of para-hydroxylation sites is 3. The van der Waals surface area contributed by atoms with Crippen LogP contribution in [0.3, 0.4) is 0 Å². The second-order valence-electron chi connectivity index (χ2n) is 13.6. The lowest BCUT2D eigenvalue weighted by Crippen LogP contribution is -2.51. The van der Waals surface area contributed by atoms with Gasteiger partial charge >= 0.3 is 5.97 Å². The molecule has 7 heteroatoms. The van der Waals surface area contributed by atoms with Crippen molar-refractivity contribution in [2.45, 2.75) is 95.9 Å². The van der Waals surface area contributed by atoms with Gasteiger partial charge in [-0.25, -0.2) is 4.79 Å². The number of fused-ring (bicyclic) bond motifs is 3. The maximum atomic E-state index is 14.9. The monoisotopic (exact) mass is 658 g/mol. The Hall–Kier alpha value is -4.78. The molecule has 6 rings (SSSR count). The van der Waals surface area contributed by atoms with E-state index in [1.165, 1.54) is 44.9 Å². The first-order valence-corrected chi connectivity index (χ1v) is 18.2. The molecule has 1 amide bonds. The molecule has 3 aromatic heterocycles. The van der Waals surface area contributed by atoms with E-state index in [1.807, 2.05) is 98.3 Å². The van der Waals surface area contributed by atoms with Crippen molar-refractivity contribution in [2.24, 2.45) is 0 Å². The van der Waals surface area contributed by atoms with Gasteiger partial charge in [-0.05, 0) is 48.2 Å². The third-order valence-corrected chi connectivity index (χ3v) is 10.1. The number of aromatic nitrogens is 3. The lowest BCUT2D eigenvalue weighted by Gasteiger charge is -2.30. The van der Waals surface area contributed by atoms with Crippen LogP contribution in [0.5, 0.6) is 0 Å². The molecule has 0 radical (unpaired) electrons. The highest BCUT2D eigenvalue weighted by atomic mass is 16.5. The Labute approximate surface area is 289 Å². The largest absolute Gasteiger partial charge is 0.464 e. The zero-order chi connectivity index (χ0) is 34.1. The summed E-state index contributed by atoms with van der Waals surface area (Å²) in [6.45, 7) is 4.54. The van der Waals surface area contributed by atoms with Crippen LogP contribution in [0.15, 0.2) is 91.4 Å². The number of hydrogen-bond donors (Lipinski definition) is 4. The zero-order valence-electron chi connectivity index (χ0n) is 28.9. The summed E-state index contributed by atoms with van der Waals surface area (Å²) >= 11 is 0. The average molecular weight is 659 g/mol. The van der Waals surface area contributed by atoms with Gasteiger partial charge in [0, 0.05) is 57.7 Å². The van der Waals surface area contributed by atoms with Crippen molar-refractivity contribution in [3.05, 3.63) is 108 Å². The first-order valence-electron chi connectivity index (χ1n) is 18.2. The molecule has 0 aliphatic carbocycles. The summed E-state index contributed by atoms with van der Waals surface area (Å²) in [5.74, 6) is -0.669. The van der Waals surface area contributed by atoms with Crippen LogP contribution in [0.4, 0.5) is 0 Å². The predicted molar refractivity (Wildman–Crippen MR) is 200 cm³/mol. The summed E-state index contributed by atoms with van der Waals surface area (Å²) in [5.41, 5.74) is 4.39. The number of carbonyl (C=O) groups is 2. The maximum absolute atomic E-state index is 14.9. The SMILES string of the molecule is CCCCCCCCCCCCOC(=O)[C@H](Cc1c[nH]c2ccccc12)NC(=O)C(C)(c1c[nH]c2ccccc12)c1c[nH]c2ccccc12. The third-order valence-electron chi connectivity index (χ3n) is 10.1. The van der Waals surface area contributed by atoms with Crippen LogP contribution in [-0.4, -0.2) is 39.5 Å². The van der Waals surface area contributed by atoms with Crippen molar-refractivity contribution in [1.82, 2.24) is 20.3 Å². The number of esters is 1. The van der Waals surface area contributed by atoms with E-state index in [0.29, 0.717) is 13.0 Å². The van der Waals surface area contributed by atoms with Gasteiger partial charge in [0.25, 0.3) is 0 Å². The van der Waals surface area contributed by atoms with E-state index in [0.717, 1.165) is 68.7 Å². The van der Waals surface area contributed by atoms with E-state index >= 15 is 0 Å². The van der Waals surface area contributed by atoms with Crippen LogP contribution in [-0.2, 0) is 26.2 Å². The van der Waals surface area contributed by atoms with Gasteiger partial charge in [0.15, 0.2) is 0 Å². The van der Waals surface area contributed by atoms with Gasteiger partial charge in [-0.1, -0.05) is 119 Å². The van der Waals surface area contributed by atoms with E-state index < -0.39 is 17.4 Å². The first kappa shape index (κ1) is 34.1. The number of benzene rings is 3. The van der Waals surface area contributed by atoms with Gasteiger partial charge in [0.1, 0.15) is 11.5 Å². The normalized spacial score (nSPS) is 12.5. The van der Waals surface area contributed by atoms with Gasteiger partial charge < -0.3 is 25.0 Å². The molecule has 0 saturated heterocycles. The average Bonchev–Trinajstić information content (AvgIpc) is 3.87. The van der Waals surface area contributed by atoms with Gasteiger partial charge in [-0.2, -0.15) is 0 Å². The number of hydrogen-bond acceptors (Lipinski definition) is 3. The third kappa shape index (κ3) is 7.61. The topological polar surface area (TPSA) is 103 Å².